The van der Waals surface area contributed by atoms with E-state index in [-0.39, 0.29) is 19.1 Å². The number of hydrogen-bond acceptors (Lipinski definition) is 4. The van der Waals surface area contributed by atoms with Crippen molar-refractivity contribution in [2.75, 3.05) is 13.2 Å². The average molecular weight is 408 g/mol. The first-order chi connectivity index (χ1) is 14.5. The Morgan fingerprint density at radius 3 is 2.23 bits per heavy atom. The molecule has 0 aromatic heterocycles. The average Bonchev–Trinajstić information content (AvgIpc) is 3.07. The van der Waals surface area contributed by atoms with Crippen molar-refractivity contribution in [2.45, 2.75) is 25.3 Å². The second-order valence-corrected chi connectivity index (χ2v) is 6.92. The number of carbonyl (C=O) groups excluding carboxylic acids is 2. The quantitative estimate of drug-likeness (QED) is 0.583. The predicted molar refractivity (Wildman–Crippen MR) is 112 cm³/mol. The fraction of sp³-hybridized carbons (Fsp3) is 0.261. The van der Waals surface area contributed by atoms with E-state index in [1.807, 2.05) is 36.4 Å². The summed E-state index contributed by atoms with van der Waals surface area (Å²) in [6.07, 6.45) is 1.97. The van der Waals surface area contributed by atoms with Gasteiger partial charge in [0.15, 0.2) is 0 Å². The van der Waals surface area contributed by atoms with Crippen LogP contribution in [-0.2, 0) is 14.3 Å². The Kier molecular flexibility index (Phi) is 6.85. The summed E-state index contributed by atoms with van der Waals surface area (Å²) in [7, 11) is 0. The van der Waals surface area contributed by atoms with E-state index in [2.05, 4.69) is 22.8 Å². The number of fused-ring (bicyclic) bond motifs is 3. The lowest BCUT2D eigenvalue weighted by Crippen LogP contribution is -2.46. The highest BCUT2D eigenvalue weighted by atomic mass is 16.5. The normalized spacial score (nSPS) is 13.4. The minimum Gasteiger partial charge on any atom is -0.478 e. The number of ether oxygens (including phenoxy) is 1. The Hall–Kier alpha value is -3.61. The van der Waals surface area contributed by atoms with Crippen LogP contribution in [-0.4, -0.2) is 42.3 Å². The SMILES string of the molecule is CC[C@H](NC(=O)OCC1c2ccccc2-c2ccccc21)C(=O)NC/C=C/C(=O)O. The highest BCUT2D eigenvalue weighted by Crippen LogP contribution is 2.44. The van der Waals surface area contributed by atoms with Crippen LogP contribution in [0.1, 0.15) is 30.4 Å². The molecule has 3 rings (SSSR count). The second kappa shape index (κ2) is 9.73. The monoisotopic (exact) mass is 408 g/mol. The molecule has 0 saturated carbocycles. The maximum Gasteiger partial charge on any atom is 0.407 e. The topological polar surface area (TPSA) is 105 Å². The number of alkyl carbamates (subject to hydrolysis) is 1. The lowest BCUT2D eigenvalue weighted by Gasteiger charge is -2.18. The molecule has 3 N–H and O–H groups in total. The Labute approximate surface area is 174 Å². The van der Waals surface area contributed by atoms with Crippen molar-refractivity contribution in [3.8, 4) is 11.1 Å². The standard InChI is InChI=1S/C23H24N2O5/c1-2-20(22(28)24-13-7-12-21(26)27)25-23(29)30-14-19-17-10-5-3-8-15(17)16-9-4-6-11-18(16)19/h3-12,19-20H,2,13-14H2,1H3,(H,24,28)(H,25,29)(H,26,27)/b12-7+/t20-/m0/s1. The van der Waals surface area contributed by atoms with Gasteiger partial charge < -0.3 is 20.5 Å². The molecule has 30 heavy (non-hydrogen) atoms. The van der Waals surface area contributed by atoms with E-state index < -0.39 is 24.0 Å². The molecule has 2 aromatic rings. The zero-order valence-corrected chi connectivity index (χ0v) is 16.6. The van der Waals surface area contributed by atoms with Crippen LogP contribution in [0.3, 0.4) is 0 Å². The number of carbonyl (C=O) groups is 3. The molecule has 0 radical (unpaired) electrons. The van der Waals surface area contributed by atoms with Gasteiger partial charge in [-0.25, -0.2) is 9.59 Å². The molecule has 7 heteroatoms. The number of carboxylic acids is 1. The minimum atomic E-state index is -1.09. The third-order valence-electron chi connectivity index (χ3n) is 5.02. The van der Waals surface area contributed by atoms with E-state index in [4.69, 9.17) is 9.84 Å². The molecule has 0 bridgehead atoms. The zero-order chi connectivity index (χ0) is 21.5. The van der Waals surface area contributed by atoms with Crippen LogP contribution in [0.15, 0.2) is 60.7 Å². The van der Waals surface area contributed by atoms with Crippen LogP contribution < -0.4 is 10.6 Å². The molecule has 7 nitrogen and oxygen atoms in total. The first-order valence-electron chi connectivity index (χ1n) is 9.80. The maximum absolute atomic E-state index is 12.3. The van der Waals surface area contributed by atoms with Crippen LogP contribution in [0, 0.1) is 0 Å². The van der Waals surface area contributed by atoms with Gasteiger partial charge in [0.05, 0.1) is 0 Å². The van der Waals surface area contributed by atoms with E-state index in [1.165, 1.54) is 6.08 Å². The van der Waals surface area contributed by atoms with Gasteiger partial charge in [0.25, 0.3) is 0 Å². The number of benzene rings is 2. The smallest absolute Gasteiger partial charge is 0.407 e. The fourth-order valence-electron chi connectivity index (χ4n) is 3.58. The highest BCUT2D eigenvalue weighted by molar-refractivity contribution is 5.86. The summed E-state index contributed by atoms with van der Waals surface area (Å²) in [5.74, 6) is -1.55. The van der Waals surface area contributed by atoms with Crippen LogP contribution in [0.4, 0.5) is 4.79 Å². The van der Waals surface area contributed by atoms with Crippen molar-refractivity contribution in [1.82, 2.24) is 10.6 Å². The third-order valence-corrected chi connectivity index (χ3v) is 5.02. The van der Waals surface area contributed by atoms with Gasteiger partial charge in [-0.05, 0) is 28.7 Å². The molecule has 156 valence electrons. The van der Waals surface area contributed by atoms with Gasteiger partial charge >= 0.3 is 12.1 Å². The molecule has 0 unspecified atom stereocenters. The molecule has 0 saturated heterocycles. The molecule has 2 amide bonds. The molecule has 1 aliphatic carbocycles. The van der Waals surface area contributed by atoms with Gasteiger partial charge in [0, 0.05) is 18.5 Å². The number of nitrogens with one attached hydrogen (secondary N) is 2. The van der Waals surface area contributed by atoms with Crippen LogP contribution >= 0.6 is 0 Å². The van der Waals surface area contributed by atoms with Gasteiger partial charge in [0.1, 0.15) is 12.6 Å². The third kappa shape index (κ3) is 4.86. The molecule has 1 atom stereocenters. The maximum atomic E-state index is 12.3. The van der Waals surface area contributed by atoms with E-state index in [1.54, 1.807) is 6.92 Å². The number of amides is 2. The number of hydrogen-bond donors (Lipinski definition) is 3. The minimum absolute atomic E-state index is 0.0572. The molecule has 2 aromatic carbocycles. The summed E-state index contributed by atoms with van der Waals surface area (Å²) in [4.78, 5) is 34.9. The molecular weight excluding hydrogens is 384 g/mol. The lowest BCUT2D eigenvalue weighted by atomic mass is 9.98. The van der Waals surface area contributed by atoms with Crippen LogP contribution in [0.25, 0.3) is 11.1 Å². The van der Waals surface area contributed by atoms with Crippen LogP contribution in [0.5, 0.6) is 0 Å². The fourth-order valence-corrected chi connectivity index (χ4v) is 3.58. The lowest BCUT2D eigenvalue weighted by molar-refractivity contribution is -0.131. The molecule has 0 aliphatic heterocycles. The largest absolute Gasteiger partial charge is 0.478 e. The van der Waals surface area contributed by atoms with Crippen LogP contribution in [0.2, 0.25) is 0 Å². The first-order valence-corrected chi connectivity index (χ1v) is 9.80. The molecule has 0 heterocycles. The van der Waals surface area contributed by atoms with Crippen molar-refractivity contribution in [1.29, 1.82) is 0 Å². The molecule has 0 spiro atoms. The van der Waals surface area contributed by atoms with Gasteiger partial charge in [-0.15, -0.1) is 0 Å². The Morgan fingerprint density at radius 2 is 1.67 bits per heavy atom. The molecule has 1 aliphatic rings. The van der Waals surface area contributed by atoms with E-state index in [0.717, 1.165) is 28.3 Å². The Bertz CT molecular complexity index is 924. The molecule has 0 fully saturated rings. The van der Waals surface area contributed by atoms with Crippen molar-refractivity contribution < 1.29 is 24.2 Å². The number of aliphatic carboxylic acids is 1. The Balaban J connectivity index is 1.57. The summed E-state index contributed by atoms with van der Waals surface area (Å²) in [5, 5.41) is 13.7. The van der Waals surface area contributed by atoms with Gasteiger partial charge in [-0.3, -0.25) is 4.79 Å². The van der Waals surface area contributed by atoms with Crippen molar-refractivity contribution in [3.63, 3.8) is 0 Å². The summed E-state index contributed by atoms with van der Waals surface area (Å²) >= 11 is 0. The molecular formula is C23H24N2O5. The highest BCUT2D eigenvalue weighted by Gasteiger charge is 2.29. The first kappa shape index (κ1) is 21.1. The second-order valence-electron chi connectivity index (χ2n) is 6.92. The summed E-state index contributed by atoms with van der Waals surface area (Å²) in [5.41, 5.74) is 4.51. The van der Waals surface area contributed by atoms with Gasteiger partial charge in [-0.2, -0.15) is 0 Å². The van der Waals surface area contributed by atoms with Crippen molar-refractivity contribution in [2.24, 2.45) is 0 Å². The van der Waals surface area contributed by atoms with Crippen molar-refractivity contribution in [3.05, 3.63) is 71.8 Å². The Morgan fingerprint density at radius 1 is 1.07 bits per heavy atom. The summed E-state index contributed by atoms with van der Waals surface area (Å²) < 4.78 is 5.46. The predicted octanol–water partition coefficient (Wildman–Crippen LogP) is 3.06. The van der Waals surface area contributed by atoms with Gasteiger partial charge in [-0.1, -0.05) is 61.5 Å². The van der Waals surface area contributed by atoms with E-state index in [0.29, 0.717) is 6.42 Å². The summed E-state index contributed by atoms with van der Waals surface area (Å²) in [6, 6.07) is 15.3. The zero-order valence-electron chi connectivity index (χ0n) is 16.6. The van der Waals surface area contributed by atoms with E-state index >= 15 is 0 Å². The number of carboxylic acid groups (broad SMARTS) is 1. The number of rotatable bonds is 8. The van der Waals surface area contributed by atoms with Gasteiger partial charge in [0.2, 0.25) is 5.91 Å². The summed E-state index contributed by atoms with van der Waals surface area (Å²) in [6.45, 7) is 1.99. The van der Waals surface area contributed by atoms with E-state index in [9.17, 15) is 14.4 Å². The van der Waals surface area contributed by atoms with Crippen molar-refractivity contribution >= 4 is 18.0 Å².